The molecule has 4 nitrogen and oxygen atoms in total. The number of carbonyl (C=O) groups is 1. The van der Waals surface area contributed by atoms with Gasteiger partial charge in [0.15, 0.2) is 0 Å². The van der Waals surface area contributed by atoms with Crippen molar-refractivity contribution in [1.29, 1.82) is 0 Å². The van der Waals surface area contributed by atoms with Crippen molar-refractivity contribution >= 4 is 16.8 Å². The van der Waals surface area contributed by atoms with E-state index in [0.29, 0.717) is 17.8 Å². The van der Waals surface area contributed by atoms with Gasteiger partial charge in [0.25, 0.3) is 5.91 Å². The Kier molecular flexibility index (Phi) is 5.04. The normalized spacial score (nSPS) is 10.9. The first kappa shape index (κ1) is 18.7. The third kappa shape index (κ3) is 3.99. The number of halogens is 1. The predicted octanol–water partition coefficient (Wildman–Crippen LogP) is 5.22. The molecular weight excluding hydrogens is 367 g/mol. The maximum absolute atomic E-state index is 13.5. The third-order valence-electron chi connectivity index (χ3n) is 4.97. The minimum absolute atomic E-state index is 0.170. The fraction of sp³-hybridized carbons (Fsp3) is 0.125. The van der Waals surface area contributed by atoms with E-state index >= 15 is 0 Å². The summed E-state index contributed by atoms with van der Waals surface area (Å²) >= 11 is 0. The Labute approximate surface area is 168 Å². The molecule has 0 aliphatic carbocycles. The number of fused-ring (bicyclic) bond motifs is 1. The van der Waals surface area contributed by atoms with Crippen molar-refractivity contribution < 1.29 is 13.9 Å². The van der Waals surface area contributed by atoms with Gasteiger partial charge in [-0.25, -0.2) is 4.39 Å². The number of nitrogens with one attached hydrogen (secondary N) is 2. The van der Waals surface area contributed by atoms with Crippen LogP contribution < -0.4 is 10.1 Å². The highest BCUT2D eigenvalue weighted by Gasteiger charge is 2.11. The molecule has 0 spiro atoms. The zero-order valence-electron chi connectivity index (χ0n) is 16.3. The molecule has 0 aliphatic rings. The lowest BCUT2D eigenvalue weighted by Crippen LogP contribution is -2.22. The van der Waals surface area contributed by atoms with Gasteiger partial charge >= 0.3 is 0 Å². The predicted molar refractivity (Wildman–Crippen MR) is 113 cm³/mol. The van der Waals surface area contributed by atoms with Gasteiger partial charge in [-0.2, -0.15) is 0 Å². The Hall–Kier alpha value is -3.60. The van der Waals surface area contributed by atoms with Crippen LogP contribution in [0.2, 0.25) is 0 Å². The minimum atomic E-state index is -0.215. The molecule has 0 radical (unpaired) electrons. The average molecular weight is 388 g/mol. The number of methoxy groups -OCH3 is 1. The molecule has 2 N–H and O–H groups in total. The molecule has 4 rings (SSSR count). The summed E-state index contributed by atoms with van der Waals surface area (Å²) in [6, 6.07) is 20.4. The van der Waals surface area contributed by atoms with Gasteiger partial charge in [0.05, 0.1) is 7.11 Å². The fourth-order valence-corrected chi connectivity index (χ4v) is 3.28. The van der Waals surface area contributed by atoms with Crippen LogP contribution >= 0.6 is 0 Å². The zero-order valence-corrected chi connectivity index (χ0v) is 16.3. The molecule has 0 saturated carbocycles. The lowest BCUT2D eigenvalue weighted by molar-refractivity contribution is 0.0946. The van der Waals surface area contributed by atoms with Crippen molar-refractivity contribution in [2.24, 2.45) is 0 Å². The van der Waals surface area contributed by atoms with Crippen molar-refractivity contribution in [3.05, 3.63) is 89.4 Å². The molecule has 1 heterocycles. The number of aryl methyl sites for hydroxylation is 1. The molecular formula is C24H21FN2O2. The summed E-state index contributed by atoms with van der Waals surface area (Å²) < 4.78 is 18.7. The van der Waals surface area contributed by atoms with Gasteiger partial charge < -0.3 is 15.0 Å². The number of hydrogen-bond acceptors (Lipinski definition) is 2. The smallest absolute Gasteiger partial charge is 0.267 e. The molecule has 1 amide bonds. The van der Waals surface area contributed by atoms with Crippen LogP contribution in [0.15, 0.2) is 66.7 Å². The molecule has 29 heavy (non-hydrogen) atoms. The van der Waals surface area contributed by atoms with E-state index in [1.54, 1.807) is 20.1 Å². The van der Waals surface area contributed by atoms with E-state index in [0.717, 1.165) is 33.3 Å². The number of amides is 1. The van der Waals surface area contributed by atoms with Gasteiger partial charge in [-0.05, 0) is 71.6 Å². The van der Waals surface area contributed by atoms with Crippen LogP contribution in [0.25, 0.3) is 22.0 Å². The quantitative estimate of drug-likeness (QED) is 0.492. The van der Waals surface area contributed by atoms with Crippen LogP contribution in [-0.4, -0.2) is 18.0 Å². The second kappa shape index (κ2) is 7.80. The summed E-state index contributed by atoms with van der Waals surface area (Å²) in [5.74, 6) is 0.395. The van der Waals surface area contributed by atoms with Crippen molar-refractivity contribution in [3.8, 4) is 16.9 Å². The first-order valence-electron chi connectivity index (χ1n) is 9.34. The van der Waals surface area contributed by atoms with E-state index in [2.05, 4.69) is 10.3 Å². The Bertz CT molecular complexity index is 1180. The van der Waals surface area contributed by atoms with Crippen LogP contribution in [0.1, 0.15) is 21.6 Å². The topological polar surface area (TPSA) is 54.1 Å². The Morgan fingerprint density at radius 1 is 1.00 bits per heavy atom. The summed E-state index contributed by atoms with van der Waals surface area (Å²) in [6.45, 7) is 2.18. The van der Waals surface area contributed by atoms with E-state index in [4.69, 9.17) is 4.74 Å². The van der Waals surface area contributed by atoms with Gasteiger partial charge in [-0.15, -0.1) is 0 Å². The van der Waals surface area contributed by atoms with Crippen LogP contribution in [-0.2, 0) is 6.54 Å². The van der Waals surface area contributed by atoms with Crippen molar-refractivity contribution in [1.82, 2.24) is 10.3 Å². The van der Waals surface area contributed by atoms with Gasteiger partial charge in [0.1, 0.15) is 17.3 Å². The molecule has 0 aliphatic heterocycles. The molecule has 1 aromatic heterocycles. The van der Waals surface area contributed by atoms with Gasteiger partial charge in [-0.1, -0.05) is 24.3 Å². The highest BCUT2D eigenvalue weighted by molar-refractivity contribution is 5.98. The number of rotatable bonds is 5. The third-order valence-corrected chi connectivity index (χ3v) is 4.97. The second-order valence-electron chi connectivity index (χ2n) is 6.98. The lowest BCUT2D eigenvalue weighted by atomic mass is 10.0. The summed E-state index contributed by atoms with van der Waals surface area (Å²) in [5, 5.41) is 3.85. The monoisotopic (exact) mass is 388 g/mol. The minimum Gasteiger partial charge on any atom is -0.497 e. The molecule has 0 fully saturated rings. The van der Waals surface area contributed by atoms with Gasteiger partial charge in [0, 0.05) is 17.4 Å². The van der Waals surface area contributed by atoms with Crippen molar-refractivity contribution in [2.75, 3.05) is 7.11 Å². The highest BCUT2D eigenvalue weighted by atomic mass is 19.1. The van der Waals surface area contributed by atoms with Gasteiger partial charge in [0.2, 0.25) is 0 Å². The highest BCUT2D eigenvalue weighted by Crippen LogP contribution is 2.26. The van der Waals surface area contributed by atoms with Crippen LogP contribution in [0, 0.1) is 12.7 Å². The summed E-state index contributed by atoms with van der Waals surface area (Å²) in [5.41, 5.74) is 4.89. The molecule has 0 saturated heterocycles. The fourth-order valence-electron chi connectivity index (χ4n) is 3.28. The van der Waals surface area contributed by atoms with Crippen molar-refractivity contribution in [3.63, 3.8) is 0 Å². The number of aromatic nitrogens is 1. The lowest BCUT2D eigenvalue weighted by Gasteiger charge is -2.05. The van der Waals surface area contributed by atoms with Crippen molar-refractivity contribution in [2.45, 2.75) is 13.5 Å². The van der Waals surface area contributed by atoms with E-state index in [9.17, 15) is 9.18 Å². The number of benzene rings is 3. The molecule has 146 valence electrons. The van der Waals surface area contributed by atoms with E-state index in [1.807, 2.05) is 54.6 Å². The Morgan fingerprint density at radius 2 is 1.72 bits per heavy atom. The summed E-state index contributed by atoms with van der Waals surface area (Å²) in [6.07, 6.45) is 0. The van der Waals surface area contributed by atoms with Crippen LogP contribution in [0.5, 0.6) is 5.75 Å². The molecule has 3 aromatic carbocycles. The molecule has 5 heteroatoms. The maximum atomic E-state index is 13.5. The SMILES string of the molecule is COc1ccc(CNC(=O)c2cc3cc(-c4ccc(F)c(C)c4)ccc3[nH]2)cc1. The molecule has 0 unspecified atom stereocenters. The number of hydrogen-bond donors (Lipinski definition) is 2. The zero-order chi connectivity index (χ0) is 20.4. The van der Waals surface area contributed by atoms with Crippen LogP contribution in [0.3, 0.4) is 0 Å². The first-order valence-corrected chi connectivity index (χ1v) is 9.34. The number of aromatic amines is 1. The Balaban J connectivity index is 1.51. The average Bonchev–Trinajstić information content (AvgIpc) is 3.18. The van der Waals surface area contributed by atoms with Gasteiger partial charge in [-0.3, -0.25) is 4.79 Å². The number of carbonyl (C=O) groups excluding carboxylic acids is 1. The van der Waals surface area contributed by atoms with E-state index in [1.165, 1.54) is 6.07 Å². The number of H-pyrrole nitrogens is 1. The molecule has 0 bridgehead atoms. The summed E-state index contributed by atoms with van der Waals surface area (Å²) in [4.78, 5) is 15.7. The summed E-state index contributed by atoms with van der Waals surface area (Å²) in [7, 11) is 1.62. The molecule has 0 atom stereocenters. The number of ether oxygens (including phenoxy) is 1. The second-order valence-corrected chi connectivity index (χ2v) is 6.98. The first-order chi connectivity index (χ1) is 14.0. The standard InChI is InChI=1S/C24H21FN2O2/c1-15-11-17(5-9-21(15)25)18-6-10-22-19(12-18)13-23(27-22)24(28)26-14-16-3-7-20(29-2)8-4-16/h3-13,27H,14H2,1-2H3,(H,26,28). The van der Waals surface area contributed by atoms with E-state index < -0.39 is 0 Å². The van der Waals surface area contributed by atoms with Crippen LogP contribution in [0.4, 0.5) is 4.39 Å². The van der Waals surface area contributed by atoms with E-state index in [-0.39, 0.29) is 11.7 Å². The molecule has 4 aromatic rings. The Morgan fingerprint density at radius 3 is 2.45 bits per heavy atom. The maximum Gasteiger partial charge on any atom is 0.267 e. The largest absolute Gasteiger partial charge is 0.497 e.